The number of nitrogens with zero attached hydrogens (tertiary/aromatic N) is 1. The average molecular weight is 280 g/mol. The molecule has 0 aromatic heterocycles. The van der Waals surface area contributed by atoms with Crippen molar-refractivity contribution in [3.63, 3.8) is 0 Å². The molecule has 1 aliphatic carbocycles. The van der Waals surface area contributed by atoms with Gasteiger partial charge >= 0.3 is 0 Å². The molecule has 84 valence electrons. The molecule has 1 aromatic rings. The number of hydrogen-bond donors (Lipinski definition) is 0. The standard InChI is InChI=1S/C13H14BrNO/c1-2-10-6-11(8-12(14)7-10)13(15-9-16)4-3-5-13/h6-8H,2-5H2,1H3. The van der Waals surface area contributed by atoms with Crippen LogP contribution in [-0.4, -0.2) is 6.08 Å². The Morgan fingerprint density at radius 2 is 2.19 bits per heavy atom. The van der Waals surface area contributed by atoms with Crippen molar-refractivity contribution in [3.05, 3.63) is 33.8 Å². The molecule has 1 aromatic carbocycles. The zero-order valence-corrected chi connectivity index (χ0v) is 10.9. The highest BCUT2D eigenvalue weighted by atomic mass is 79.9. The van der Waals surface area contributed by atoms with Gasteiger partial charge in [0, 0.05) is 4.47 Å². The molecule has 0 aliphatic heterocycles. The molecule has 0 heterocycles. The first-order chi connectivity index (χ1) is 7.70. The Labute approximate surface area is 104 Å². The summed E-state index contributed by atoms with van der Waals surface area (Å²) in [7, 11) is 0. The van der Waals surface area contributed by atoms with E-state index in [0.29, 0.717) is 0 Å². The first-order valence-electron chi connectivity index (χ1n) is 5.59. The SMILES string of the molecule is CCc1cc(Br)cc(C2(N=C=O)CCC2)c1. The van der Waals surface area contributed by atoms with E-state index in [-0.39, 0.29) is 5.54 Å². The lowest BCUT2D eigenvalue weighted by Crippen LogP contribution is -2.32. The van der Waals surface area contributed by atoms with Gasteiger partial charge in [-0.2, -0.15) is 4.99 Å². The van der Waals surface area contributed by atoms with Crippen LogP contribution < -0.4 is 0 Å². The highest BCUT2D eigenvalue weighted by molar-refractivity contribution is 9.10. The predicted octanol–water partition coefficient (Wildman–Crippen LogP) is 3.73. The second kappa shape index (κ2) is 4.52. The molecule has 1 aliphatic rings. The van der Waals surface area contributed by atoms with Crippen LogP contribution in [0.15, 0.2) is 27.7 Å². The number of aryl methyl sites for hydroxylation is 1. The van der Waals surface area contributed by atoms with Gasteiger partial charge in [0.05, 0.1) is 5.54 Å². The molecule has 2 nitrogen and oxygen atoms in total. The minimum atomic E-state index is -0.282. The highest BCUT2D eigenvalue weighted by Crippen LogP contribution is 2.45. The van der Waals surface area contributed by atoms with Crippen LogP contribution >= 0.6 is 15.9 Å². The number of rotatable bonds is 3. The molecule has 16 heavy (non-hydrogen) atoms. The summed E-state index contributed by atoms with van der Waals surface area (Å²) in [4.78, 5) is 14.5. The van der Waals surface area contributed by atoms with Crippen molar-refractivity contribution in [2.45, 2.75) is 38.1 Å². The largest absolute Gasteiger partial charge is 0.235 e. The van der Waals surface area contributed by atoms with Gasteiger partial charge in [-0.3, -0.25) is 0 Å². The van der Waals surface area contributed by atoms with Gasteiger partial charge in [0.1, 0.15) is 0 Å². The lowest BCUT2D eigenvalue weighted by molar-refractivity contribution is 0.255. The highest BCUT2D eigenvalue weighted by Gasteiger charge is 2.39. The molecule has 0 atom stereocenters. The molecular weight excluding hydrogens is 266 g/mol. The number of benzene rings is 1. The van der Waals surface area contributed by atoms with Crippen molar-refractivity contribution in [3.8, 4) is 0 Å². The summed E-state index contributed by atoms with van der Waals surface area (Å²) in [6.45, 7) is 2.13. The molecule has 2 rings (SSSR count). The Balaban J connectivity index is 2.45. The molecule has 0 N–H and O–H groups in total. The Bertz CT molecular complexity index is 445. The Kier molecular flexibility index (Phi) is 3.27. The molecule has 0 saturated heterocycles. The van der Waals surface area contributed by atoms with Gasteiger partial charge in [0.2, 0.25) is 6.08 Å². The smallest absolute Gasteiger partial charge is 0.211 e. The molecule has 0 radical (unpaired) electrons. The summed E-state index contributed by atoms with van der Waals surface area (Å²) in [5.41, 5.74) is 2.14. The average Bonchev–Trinajstić information content (AvgIpc) is 2.22. The summed E-state index contributed by atoms with van der Waals surface area (Å²) in [6, 6.07) is 6.34. The molecule has 0 amide bonds. The summed E-state index contributed by atoms with van der Waals surface area (Å²) >= 11 is 3.51. The second-order valence-corrected chi connectivity index (χ2v) is 5.21. The fourth-order valence-electron chi connectivity index (χ4n) is 2.19. The lowest BCUT2D eigenvalue weighted by atomic mass is 9.72. The van der Waals surface area contributed by atoms with E-state index in [2.05, 4.69) is 46.0 Å². The minimum Gasteiger partial charge on any atom is -0.211 e. The topological polar surface area (TPSA) is 29.4 Å². The molecule has 0 bridgehead atoms. The van der Waals surface area contributed by atoms with E-state index in [0.717, 1.165) is 35.7 Å². The monoisotopic (exact) mass is 279 g/mol. The van der Waals surface area contributed by atoms with Crippen LogP contribution in [0.25, 0.3) is 0 Å². The van der Waals surface area contributed by atoms with Crippen LogP contribution in [0.3, 0.4) is 0 Å². The maximum atomic E-state index is 10.5. The Morgan fingerprint density at radius 1 is 1.44 bits per heavy atom. The van der Waals surface area contributed by atoms with E-state index in [1.54, 1.807) is 6.08 Å². The van der Waals surface area contributed by atoms with Crippen molar-refractivity contribution in [1.29, 1.82) is 0 Å². The maximum absolute atomic E-state index is 10.5. The van der Waals surface area contributed by atoms with Gasteiger partial charge < -0.3 is 0 Å². The van der Waals surface area contributed by atoms with Crippen molar-refractivity contribution >= 4 is 22.0 Å². The zero-order chi connectivity index (χ0) is 11.6. The fraction of sp³-hybridized carbons (Fsp3) is 0.462. The molecule has 0 spiro atoms. The molecular formula is C13H14BrNO. The zero-order valence-electron chi connectivity index (χ0n) is 9.29. The number of hydrogen-bond acceptors (Lipinski definition) is 2. The summed E-state index contributed by atoms with van der Waals surface area (Å²) < 4.78 is 1.06. The third-order valence-corrected chi connectivity index (χ3v) is 3.80. The van der Waals surface area contributed by atoms with Crippen molar-refractivity contribution in [1.82, 2.24) is 0 Å². The van der Waals surface area contributed by atoms with Crippen molar-refractivity contribution in [2.24, 2.45) is 4.99 Å². The van der Waals surface area contributed by atoms with Gasteiger partial charge in [-0.25, -0.2) is 4.79 Å². The fourth-order valence-corrected chi connectivity index (χ4v) is 2.73. The van der Waals surface area contributed by atoms with Gasteiger partial charge in [0.25, 0.3) is 0 Å². The Morgan fingerprint density at radius 3 is 2.69 bits per heavy atom. The second-order valence-electron chi connectivity index (χ2n) is 4.29. The summed E-state index contributed by atoms with van der Waals surface area (Å²) in [5, 5.41) is 0. The first kappa shape index (κ1) is 11.6. The molecule has 1 fully saturated rings. The maximum Gasteiger partial charge on any atom is 0.235 e. The van der Waals surface area contributed by atoms with Crippen LogP contribution in [0.1, 0.15) is 37.3 Å². The van der Waals surface area contributed by atoms with E-state index in [4.69, 9.17) is 0 Å². The van der Waals surface area contributed by atoms with Crippen molar-refractivity contribution in [2.75, 3.05) is 0 Å². The van der Waals surface area contributed by atoms with Crippen LogP contribution in [0.2, 0.25) is 0 Å². The van der Waals surface area contributed by atoms with Gasteiger partial charge in [-0.05, 0) is 48.9 Å². The van der Waals surface area contributed by atoms with Gasteiger partial charge in [-0.1, -0.05) is 28.9 Å². The molecule has 1 saturated carbocycles. The van der Waals surface area contributed by atoms with E-state index in [1.165, 1.54) is 5.56 Å². The van der Waals surface area contributed by atoms with Crippen LogP contribution in [-0.2, 0) is 16.8 Å². The number of halogens is 1. The third-order valence-electron chi connectivity index (χ3n) is 3.34. The predicted molar refractivity (Wildman–Crippen MR) is 67.2 cm³/mol. The van der Waals surface area contributed by atoms with E-state index in [9.17, 15) is 4.79 Å². The lowest BCUT2D eigenvalue weighted by Gasteiger charge is -2.37. The number of isocyanates is 1. The van der Waals surface area contributed by atoms with E-state index in [1.807, 2.05) is 0 Å². The van der Waals surface area contributed by atoms with Crippen LogP contribution in [0.4, 0.5) is 0 Å². The Hall–Kier alpha value is -0.920. The first-order valence-corrected chi connectivity index (χ1v) is 6.38. The van der Waals surface area contributed by atoms with Crippen LogP contribution in [0, 0.1) is 0 Å². The van der Waals surface area contributed by atoms with Gasteiger partial charge in [0.15, 0.2) is 0 Å². The quantitative estimate of drug-likeness (QED) is 0.612. The molecule has 3 heteroatoms. The minimum absolute atomic E-state index is 0.282. The normalized spacial score (nSPS) is 17.4. The van der Waals surface area contributed by atoms with Crippen molar-refractivity contribution < 1.29 is 4.79 Å². The number of carbonyl (C=O) groups excluding carboxylic acids is 1. The van der Waals surface area contributed by atoms with E-state index >= 15 is 0 Å². The summed E-state index contributed by atoms with van der Waals surface area (Å²) in [6.07, 6.45) is 5.78. The summed E-state index contributed by atoms with van der Waals surface area (Å²) in [5.74, 6) is 0. The third kappa shape index (κ3) is 1.98. The van der Waals surface area contributed by atoms with E-state index < -0.39 is 0 Å². The van der Waals surface area contributed by atoms with Gasteiger partial charge in [-0.15, -0.1) is 0 Å². The number of aliphatic imine (C=N–C) groups is 1. The van der Waals surface area contributed by atoms with Crippen LogP contribution in [0.5, 0.6) is 0 Å². The molecule has 0 unspecified atom stereocenters.